The summed E-state index contributed by atoms with van der Waals surface area (Å²) in [6, 6.07) is 0. The molecule has 0 spiro atoms. The van der Waals surface area contributed by atoms with Crippen molar-refractivity contribution in [1.82, 2.24) is 0 Å². The molecule has 0 radical (unpaired) electrons. The number of carbonyl (C=O) groups is 1. The van der Waals surface area contributed by atoms with E-state index in [2.05, 4.69) is 13.8 Å². The van der Waals surface area contributed by atoms with Gasteiger partial charge in [0.25, 0.3) is 0 Å². The molecule has 1 saturated carbocycles. The molecule has 0 bridgehead atoms. The van der Waals surface area contributed by atoms with Gasteiger partial charge >= 0.3 is 5.97 Å². The number of carboxylic acids is 1. The van der Waals surface area contributed by atoms with Crippen LogP contribution in [-0.2, 0) is 4.79 Å². The third kappa shape index (κ3) is 2.78. The number of hydrogen-bond donors (Lipinski definition) is 1. The Labute approximate surface area is 99.4 Å². The standard InChI is InChI=1S/C14H26O2/c1-4-10-14(3,13(15)16)12-8-6-11(5-2)7-9-12/h11-12H,4-10H2,1-3H3,(H,15,16). The highest BCUT2D eigenvalue weighted by molar-refractivity contribution is 5.74. The zero-order valence-corrected chi connectivity index (χ0v) is 11.0. The average Bonchev–Trinajstić information content (AvgIpc) is 2.29. The molecule has 0 aromatic heterocycles. The number of rotatable bonds is 5. The summed E-state index contributed by atoms with van der Waals surface area (Å²) in [6.45, 7) is 6.28. The fourth-order valence-electron chi connectivity index (χ4n) is 3.21. The Kier molecular flexibility index (Phi) is 4.82. The molecule has 1 N–H and O–H groups in total. The van der Waals surface area contributed by atoms with Gasteiger partial charge in [0.15, 0.2) is 0 Å². The van der Waals surface area contributed by atoms with Gasteiger partial charge in [0.2, 0.25) is 0 Å². The van der Waals surface area contributed by atoms with Gasteiger partial charge in [-0.15, -0.1) is 0 Å². The molecular formula is C14H26O2. The Hall–Kier alpha value is -0.530. The van der Waals surface area contributed by atoms with Crippen molar-refractivity contribution >= 4 is 5.97 Å². The van der Waals surface area contributed by atoms with Crippen LogP contribution in [0.5, 0.6) is 0 Å². The molecule has 0 aliphatic heterocycles. The molecule has 0 aromatic rings. The predicted molar refractivity (Wildman–Crippen MR) is 66.4 cm³/mol. The van der Waals surface area contributed by atoms with Crippen molar-refractivity contribution in [1.29, 1.82) is 0 Å². The van der Waals surface area contributed by atoms with Crippen LogP contribution >= 0.6 is 0 Å². The van der Waals surface area contributed by atoms with Crippen LogP contribution in [0.1, 0.15) is 65.7 Å². The number of aliphatic carboxylic acids is 1. The second-order valence-electron chi connectivity index (χ2n) is 5.60. The predicted octanol–water partition coefficient (Wildman–Crippen LogP) is 4.09. The summed E-state index contributed by atoms with van der Waals surface area (Å²) >= 11 is 0. The molecule has 1 fully saturated rings. The summed E-state index contributed by atoms with van der Waals surface area (Å²) in [5.74, 6) is 0.651. The highest BCUT2D eigenvalue weighted by Gasteiger charge is 2.41. The molecule has 1 atom stereocenters. The number of carboxylic acid groups (broad SMARTS) is 1. The lowest BCUT2D eigenvalue weighted by atomic mass is 9.65. The van der Waals surface area contributed by atoms with Crippen LogP contribution in [0.25, 0.3) is 0 Å². The lowest BCUT2D eigenvalue weighted by Crippen LogP contribution is -2.38. The van der Waals surface area contributed by atoms with E-state index in [1.54, 1.807) is 0 Å². The quantitative estimate of drug-likeness (QED) is 0.766. The van der Waals surface area contributed by atoms with Crippen molar-refractivity contribution < 1.29 is 9.90 Å². The molecule has 1 aliphatic rings. The molecule has 1 rings (SSSR count). The molecule has 2 heteroatoms. The Balaban J connectivity index is 2.64. The fraction of sp³-hybridized carbons (Fsp3) is 0.929. The highest BCUT2D eigenvalue weighted by Crippen LogP contribution is 2.43. The Morgan fingerprint density at radius 3 is 2.19 bits per heavy atom. The zero-order chi connectivity index (χ0) is 12.2. The van der Waals surface area contributed by atoms with Gasteiger partial charge in [-0.25, -0.2) is 0 Å². The first-order valence-electron chi connectivity index (χ1n) is 6.78. The molecule has 0 amide bonds. The van der Waals surface area contributed by atoms with Gasteiger partial charge in [0.1, 0.15) is 0 Å². The van der Waals surface area contributed by atoms with E-state index in [-0.39, 0.29) is 0 Å². The third-order valence-electron chi connectivity index (χ3n) is 4.58. The van der Waals surface area contributed by atoms with Crippen LogP contribution in [0.4, 0.5) is 0 Å². The molecular weight excluding hydrogens is 200 g/mol. The lowest BCUT2D eigenvalue weighted by molar-refractivity contribution is -0.153. The maximum absolute atomic E-state index is 11.5. The van der Waals surface area contributed by atoms with Crippen LogP contribution in [0.3, 0.4) is 0 Å². The molecule has 0 aromatic carbocycles. The summed E-state index contributed by atoms with van der Waals surface area (Å²) in [5, 5.41) is 9.44. The molecule has 94 valence electrons. The van der Waals surface area contributed by atoms with E-state index < -0.39 is 11.4 Å². The van der Waals surface area contributed by atoms with Gasteiger partial charge in [-0.2, -0.15) is 0 Å². The van der Waals surface area contributed by atoms with Gasteiger partial charge in [-0.3, -0.25) is 4.79 Å². The van der Waals surface area contributed by atoms with Gasteiger partial charge in [-0.1, -0.05) is 39.5 Å². The van der Waals surface area contributed by atoms with Crippen LogP contribution < -0.4 is 0 Å². The van der Waals surface area contributed by atoms with E-state index in [0.717, 1.165) is 31.6 Å². The normalized spacial score (nSPS) is 29.7. The molecule has 1 unspecified atom stereocenters. The van der Waals surface area contributed by atoms with Crippen LogP contribution in [0, 0.1) is 17.3 Å². The Morgan fingerprint density at radius 1 is 1.25 bits per heavy atom. The van der Waals surface area contributed by atoms with E-state index >= 15 is 0 Å². The van der Waals surface area contributed by atoms with Crippen LogP contribution in [0.2, 0.25) is 0 Å². The molecule has 16 heavy (non-hydrogen) atoms. The molecule has 0 heterocycles. The van der Waals surface area contributed by atoms with Gasteiger partial charge < -0.3 is 5.11 Å². The summed E-state index contributed by atoms with van der Waals surface area (Å²) in [4.78, 5) is 11.5. The molecule has 0 saturated heterocycles. The van der Waals surface area contributed by atoms with Crippen LogP contribution in [-0.4, -0.2) is 11.1 Å². The van der Waals surface area contributed by atoms with Crippen molar-refractivity contribution in [2.24, 2.45) is 17.3 Å². The van der Waals surface area contributed by atoms with E-state index in [9.17, 15) is 9.90 Å². The van der Waals surface area contributed by atoms with E-state index in [4.69, 9.17) is 0 Å². The third-order valence-corrected chi connectivity index (χ3v) is 4.58. The molecule has 2 nitrogen and oxygen atoms in total. The fourth-order valence-corrected chi connectivity index (χ4v) is 3.21. The van der Waals surface area contributed by atoms with Crippen molar-refractivity contribution in [3.05, 3.63) is 0 Å². The Morgan fingerprint density at radius 2 is 1.81 bits per heavy atom. The van der Waals surface area contributed by atoms with E-state index in [0.29, 0.717) is 5.92 Å². The summed E-state index contributed by atoms with van der Waals surface area (Å²) < 4.78 is 0. The minimum absolute atomic E-state index is 0.396. The minimum Gasteiger partial charge on any atom is -0.481 e. The lowest BCUT2D eigenvalue weighted by Gasteiger charge is -2.38. The van der Waals surface area contributed by atoms with E-state index in [1.807, 2.05) is 6.92 Å². The Bertz CT molecular complexity index is 229. The van der Waals surface area contributed by atoms with Crippen molar-refractivity contribution in [2.75, 3.05) is 0 Å². The van der Waals surface area contributed by atoms with Crippen molar-refractivity contribution in [2.45, 2.75) is 65.7 Å². The van der Waals surface area contributed by atoms with Crippen molar-refractivity contribution in [3.8, 4) is 0 Å². The first kappa shape index (κ1) is 13.5. The van der Waals surface area contributed by atoms with E-state index in [1.165, 1.54) is 19.3 Å². The number of hydrogen-bond acceptors (Lipinski definition) is 1. The maximum Gasteiger partial charge on any atom is 0.309 e. The summed E-state index contributed by atoms with van der Waals surface area (Å²) in [6.07, 6.45) is 7.73. The first-order valence-corrected chi connectivity index (χ1v) is 6.78. The smallest absolute Gasteiger partial charge is 0.309 e. The first-order chi connectivity index (χ1) is 7.54. The minimum atomic E-state index is -0.589. The topological polar surface area (TPSA) is 37.3 Å². The van der Waals surface area contributed by atoms with Crippen molar-refractivity contribution in [3.63, 3.8) is 0 Å². The van der Waals surface area contributed by atoms with Gasteiger partial charge in [0.05, 0.1) is 5.41 Å². The average molecular weight is 226 g/mol. The molecule has 1 aliphatic carbocycles. The van der Waals surface area contributed by atoms with Gasteiger partial charge in [0, 0.05) is 0 Å². The van der Waals surface area contributed by atoms with Crippen LogP contribution in [0.15, 0.2) is 0 Å². The SMILES string of the molecule is CCCC(C)(C(=O)O)C1CCC(CC)CC1. The van der Waals surface area contributed by atoms with Gasteiger partial charge in [-0.05, 0) is 38.0 Å². The highest BCUT2D eigenvalue weighted by atomic mass is 16.4. The zero-order valence-electron chi connectivity index (χ0n) is 11.0. The second kappa shape index (κ2) is 5.70. The largest absolute Gasteiger partial charge is 0.481 e. The summed E-state index contributed by atoms with van der Waals surface area (Å²) in [5.41, 5.74) is -0.479. The summed E-state index contributed by atoms with van der Waals surface area (Å²) in [7, 11) is 0. The second-order valence-corrected chi connectivity index (χ2v) is 5.60. The monoisotopic (exact) mass is 226 g/mol. The maximum atomic E-state index is 11.5.